The summed E-state index contributed by atoms with van der Waals surface area (Å²) in [5, 5.41) is 5.11. The molecule has 0 bridgehead atoms. The number of rotatable bonds is 7. The van der Waals surface area contributed by atoms with E-state index in [0.29, 0.717) is 23.0 Å². The molecule has 0 spiro atoms. The van der Waals surface area contributed by atoms with E-state index < -0.39 is 5.97 Å². The van der Waals surface area contributed by atoms with Crippen molar-refractivity contribution in [2.45, 2.75) is 13.5 Å². The molecule has 3 rings (SSSR count). The summed E-state index contributed by atoms with van der Waals surface area (Å²) in [5.74, 6) is 0.0136. The molecule has 7 heteroatoms. The van der Waals surface area contributed by atoms with Crippen LogP contribution in [0.2, 0.25) is 10.2 Å². The predicted molar refractivity (Wildman–Crippen MR) is 105 cm³/mol. The second kappa shape index (κ2) is 8.93. The minimum absolute atomic E-state index is 0.0731. The Bertz CT molecular complexity index is 926. The van der Waals surface area contributed by atoms with Crippen molar-refractivity contribution in [3.8, 4) is 5.75 Å². The van der Waals surface area contributed by atoms with E-state index in [2.05, 4.69) is 5.10 Å². The Morgan fingerprint density at radius 1 is 1.04 bits per heavy atom. The van der Waals surface area contributed by atoms with E-state index in [4.69, 9.17) is 32.7 Å². The average molecular weight is 405 g/mol. The van der Waals surface area contributed by atoms with E-state index in [1.165, 1.54) is 0 Å². The van der Waals surface area contributed by atoms with Crippen molar-refractivity contribution < 1.29 is 14.3 Å². The van der Waals surface area contributed by atoms with Crippen LogP contribution >= 0.6 is 23.2 Å². The number of aryl methyl sites for hydroxylation is 1. The van der Waals surface area contributed by atoms with Gasteiger partial charge in [0, 0.05) is 0 Å². The lowest BCUT2D eigenvalue weighted by Crippen LogP contribution is -2.13. The molecular formula is C20H18Cl2N2O3. The smallest absolute Gasteiger partial charge is 0.343 e. The van der Waals surface area contributed by atoms with Crippen molar-refractivity contribution in [2.24, 2.45) is 0 Å². The number of nitrogens with zero attached hydrogens (tertiary/aromatic N) is 2. The zero-order valence-electron chi connectivity index (χ0n) is 14.7. The Balaban J connectivity index is 1.59. The number of para-hydroxylation sites is 1. The summed E-state index contributed by atoms with van der Waals surface area (Å²) in [4.78, 5) is 12.4. The van der Waals surface area contributed by atoms with Crippen molar-refractivity contribution in [1.82, 2.24) is 9.78 Å². The second-order valence-electron chi connectivity index (χ2n) is 5.81. The number of aromatic nitrogens is 2. The first-order valence-electron chi connectivity index (χ1n) is 8.37. The minimum atomic E-state index is -0.528. The fourth-order valence-electron chi connectivity index (χ4n) is 2.57. The first kappa shape index (κ1) is 19.3. The number of halogens is 2. The summed E-state index contributed by atoms with van der Waals surface area (Å²) in [6, 6.07) is 16.9. The number of esters is 1. The molecule has 27 heavy (non-hydrogen) atoms. The second-order valence-corrected chi connectivity index (χ2v) is 6.57. The van der Waals surface area contributed by atoms with Gasteiger partial charge in [0.2, 0.25) is 0 Å². The van der Waals surface area contributed by atoms with Gasteiger partial charge in [-0.3, -0.25) is 0 Å². The van der Waals surface area contributed by atoms with Gasteiger partial charge in [0.1, 0.15) is 29.7 Å². The normalized spacial score (nSPS) is 10.6. The molecule has 0 fully saturated rings. The van der Waals surface area contributed by atoms with Gasteiger partial charge >= 0.3 is 5.97 Å². The number of benzene rings is 2. The van der Waals surface area contributed by atoms with Crippen molar-refractivity contribution in [3.05, 3.63) is 81.6 Å². The number of hydrogen-bond donors (Lipinski definition) is 0. The summed E-state index contributed by atoms with van der Waals surface area (Å²) in [6.07, 6.45) is 0. The molecule has 1 heterocycles. The van der Waals surface area contributed by atoms with Crippen LogP contribution in [0.25, 0.3) is 0 Å². The summed E-state index contributed by atoms with van der Waals surface area (Å²) in [6.45, 7) is 2.46. The predicted octanol–water partition coefficient (Wildman–Crippen LogP) is 4.78. The highest BCUT2D eigenvalue weighted by Gasteiger charge is 2.21. The maximum Gasteiger partial charge on any atom is 0.343 e. The Labute approximate surface area is 167 Å². The SMILES string of the molecule is Cc1nn(Cc2ccccc2)c(Cl)c1C(=O)OCCOc1ccccc1Cl. The summed E-state index contributed by atoms with van der Waals surface area (Å²) in [5.41, 5.74) is 1.83. The van der Waals surface area contributed by atoms with Gasteiger partial charge in [-0.15, -0.1) is 0 Å². The van der Waals surface area contributed by atoms with E-state index in [-0.39, 0.29) is 23.9 Å². The van der Waals surface area contributed by atoms with E-state index in [9.17, 15) is 4.79 Å². The molecule has 0 amide bonds. The fraction of sp³-hybridized carbons (Fsp3) is 0.200. The number of ether oxygens (including phenoxy) is 2. The van der Waals surface area contributed by atoms with Gasteiger partial charge < -0.3 is 9.47 Å². The maximum atomic E-state index is 12.4. The average Bonchev–Trinajstić information content (AvgIpc) is 2.94. The van der Waals surface area contributed by atoms with Crippen molar-refractivity contribution in [1.29, 1.82) is 0 Å². The summed E-state index contributed by atoms with van der Waals surface area (Å²) >= 11 is 12.4. The van der Waals surface area contributed by atoms with Gasteiger partial charge in [0.15, 0.2) is 0 Å². The third-order valence-electron chi connectivity index (χ3n) is 3.86. The largest absolute Gasteiger partial charge is 0.488 e. The van der Waals surface area contributed by atoms with Crippen molar-refractivity contribution >= 4 is 29.2 Å². The van der Waals surface area contributed by atoms with Crippen LogP contribution in [-0.4, -0.2) is 29.0 Å². The van der Waals surface area contributed by atoms with Gasteiger partial charge in [0.05, 0.1) is 17.3 Å². The molecule has 2 aromatic carbocycles. The van der Waals surface area contributed by atoms with Crippen LogP contribution in [0.1, 0.15) is 21.6 Å². The molecule has 0 radical (unpaired) electrons. The van der Waals surface area contributed by atoms with Gasteiger partial charge in [-0.05, 0) is 24.6 Å². The zero-order chi connectivity index (χ0) is 19.2. The van der Waals surface area contributed by atoms with Gasteiger partial charge in [-0.1, -0.05) is 65.7 Å². The molecule has 0 N–H and O–H groups in total. The monoisotopic (exact) mass is 404 g/mol. The first-order chi connectivity index (χ1) is 13.1. The van der Waals surface area contributed by atoms with Gasteiger partial charge in [0.25, 0.3) is 0 Å². The number of carbonyl (C=O) groups excluding carboxylic acids is 1. The first-order valence-corrected chi connectivity index (χ1v) is 9.13. The Morgan fingerprint density at radius 3 is 2.48 bits per heavy atom. The molecule has 0 aliphatic heterocycles. The number of carbonyl (C=O) groups is 1. The third kappa shape index (κ3) is 4.81. The molecule has 140 valence electrons. The molecule has 0 aliphatic carbocycles. The maximum absolute atomic E-state index is 12.4. The van der Waals surface area contributed by atoms with E-state index in [1.807, 2.05) is 42.5 Å². The highest BCUT2D eigenvalue weighted by Crippen LogP contribution is 2.24. The van der Waals surface area contributed by atoms with E-state index >= 15 is 0 Å². The van der Waals surface area contributed by atoms with E-state index in [1.54, 1.807) is 23.7 Å². The summed E-state index contributed by atoms with van der Waals surface area (Å²) < 4.78 is 12.4. The molecule has 0 saturated heterocycles. The third-order valence-corrected chi connectivity index (χ3v) is 4.55. The standard InChI is InChI=1S/C20H18Cl2N2O3/c1-14-18(19(22)24(23-14)13-15-7-3-2-4-8-15)20(25)27-12-11-26-17-10-6-5-9-16(17)21/h2-10H,11-13H2,1H3. The quantitative estimate of drug-likeness (QED) is 0.419. The van der Waals surface area contributed by atoms with Crippen LogP contribution in [0.5, 0.6) is 5.75 Å². The Hall–Kier alpha value is -2.50. The van der Waals surface area contributed by atoms with Crippen LogP contribution < -0.4 is 4.74 Å². The Kier molecular flexibility index (Phi) is 6.37. The van der Waals surface area contributed by atoms with Crippen LogP contribution in [0, 0.1) is 6.92 Å². The molecule has 0 aliphatic rings. The molecule has 0 saturated carbocycles. The zero-order valence-corrected chi connectivity index (χ0v) is 16.2. The van der Waals surface area contributed by atoms with Gasteiger partial charge in [-0.25, -0.2) is 9.48 Å². The number of hydrogen-bond acceptors (Lipinski definition) is 4. The highest BCUT2D eigenvalue weighted by atomic mass is 35.5. The lowest BCUT2D eigenvalue weighted by atomic mass is 10.2. The molecular weight excluding hydrogens is 387 g/mol. The van der Waals surface area contributed by atoms with Crippen LogP contribution in [0.4, 0.5) is 0 Å². The van der Waals surface area contributed by atoms with Crippen LogP contribution in [0.3, 0.4) is 0 Å². The molecule has 0 atom stereocenters. The van der Waals surface area contributed by atoms with Crippen LogP contribution in [-0.2, 0) is 11.3 Å². The minimum Gasteiger partial charge on any atom is -0.488 e. The lowest BCUT2D eigenvalue weighted by Gasteiger charge is -2.08. The molecule has 3 aromatic rings. The van der Waals surface area contributed by atoms with Gasteiger partial charge in [-0.2, -0.15) is 5.10 Å². The van der Waals surface area contributed by atoms with Crippen molar-refractivity contribution in [3.63, 3.8) is 0 Å². The molecule has 0 unspecified atom stereocenters. The van der Waals surface area contributed by atoms with Crippen LogP contribution in [0.15, 0.2) is 54.6 Å². The lowest BCUT2D eigenvalue weighted by molar-refractivity contribution is 0.0450. The van der Waals surface area contributed by atoms with Crippen molar-refractivity contribution in [2.75, 3.05) is 13.2 Å². The molecule has 1 aromatic heterocycles. The Morgan fingerprint density at radius 2 is 1.74 bits per heavy atom. The summed E-state index contributed by atoms with van der Waals surface area (Å²) in [7, 11) is 0. The highest BCUT2D eigenvalue weighted by molar-refractivity contribution is 6.32. The topological polar surface area (TPSA) is 53.4 Å². The fourth-order valence-corrected chi connectivity index (χ4v) is 3.07. The van der Waals surface area contributed by atoms with E-state index in [0.717, 1.165) is 5.56 Å². The molecule has 5 nitrogen and oxygen atoms in total.